The summed E-state index contributed by atoms with van der Waals surface area (Å²) in [6.45, 7) is 4.44. The van der Waals surface area contributed by atoms with E-state index in [1.807, 2.05) is 18.5 Å². The third-order valence-corrected chi connectivity index (χ3v) is 5.93. The smallest absolute Gasteiger partial charge is 0.189 e. The highest BCUT2D eigenvalue weighted by atomic mass is 32.1. The molecule has 31 heavy (non-hydrogen) atoms. The van der Waals surface area contributed by atoms with Crippen molar-refractivity contribution in [2.45, 2.75) is 13.5 Å². The molecule has 0 radical (unpaired) electrons. The molecule has 0 bridgehead atoms. The topological polar surface area (TPSA) is 78.3 Å². The Bertz CT molecular complexity index is 1250. The molecule has 0 saturated carbocycles. The van der Waals surface area contributed by atoms with Crippen LogP contribution in [0, 0.1) is 12.7 Å². The van der Waals surface area contributed by atoms with Gasteiger partial charge in [0, 0.05) is 24.5 Å². The van der Waals surface area contributed by atoms with Crippen LogP contribution in [0.3, 0.4) is 0 Å². The number of halogens is 1. The van der Waals surface area contributed by atoms with Crippen LogP contribution in [0.2, 0.25) is 0 Å². The van der Waals surface area contributed by atoms with Gasteiger partial charge in [-0.25, -0.2) is 14.4 Å². The van der Waals surface area contributed by atoms with Crippen LogP contribution in [-0.4, -0.2) is 39.3 Å². The molecular formula is C22H20FN7S. The van der Waals surface area contributed by atoms with Crippen LogP contribution in [0.4, 0.5) is 26.7 Å². The summed E-state index contributed by atoms with van der Waals surface area (Å²) in [6.07, 6.45) is 3.38. The van der Waals surface area contributed by atoms with Gasteiger partial charge in [0.1, 0.15) is 16.8 Å². The van der Waals surface area contributed by atoms with Gasteiger partial charge >= 0.3 is 0 Å². The number of aliphatic imine (C=N–C) groups is 1. The molecule has 0 amide bonds. The van der Waals surface area contributed by atoms with Crippen molar-refractivity contribution in [3.63, 3.8) is 0 Å². The van der Waals surface area contributed by atoms with E-state index in [0.717, 1.165) is 40.8 Å². The molecule has 1 aliphatic heterocycles. The molecule has 156 valence electrons. The summed E-state index contributed by atoms with van der Waals surface area (Å²) in [5.74, 6) is 0.409. The van der Waals surface area contributed by atoms with Gasteiger partial charge in [-0.1, -0.05) is 23.5 Å². The minimum atomic E-state index is -0.234. The molecule has 2 N–H and O–H groups in total. The maximum atomic E-state index is 13.5. The molecule has 9 heteroatoms. The molecule has 7 nitrogen and oxygen atoms in total. The molecule has 2 aromatic carbocycles. The van der Waals surface area contributed by atoms with E-state index in [1.165, 1.54) is 29.3 Å². The zero-order valence-corrected chi connectivity index (χ0v) is 17.7. The highest BCUT2D eigenvalue weighted by Gasteiger charge is 2.12. The normalized spacial score (nSPS) is 13.2. The fourth-order valence-corrected chi connectivity index (χ4v) is 4.23. The van der Waals surface area contributed by atoms with Crippen LogP contribution in [0.15, 0.2) is 53.8 Å². The first kappa shape index (κ1) is 19.4. The first-order valence-electron chi connectivity index (χ1n) is 9.89. The van der Waals surface area contributed by atoms with Crippen LogP contribution < -0.4 is 10.6 Å². The van der Waals surface area contributed by atoms with E-state index in [4.69, 9.17) is 0 Å². The Balaban J connectivity index is 1.33. The molecule has 0 atom stereocenters. The third-order valence-electron chi connectivity index (χ3n) is 4.96. The maximum Gasteiger partial charge on any atom is 0.189 e. The largest absolute Gasteiger partial charge is 0.357 e. The van der Waals surface area contributed by atoms with Crippen LogP contribution >= 0.6 is 11.3 Å². The molecule has 0 saturated heterocycles. The Hall–Kier alpha value is -3.59. The Morgan fingerprint density at radius 1 is 1.06 bits per heavy atom. The Morgan fingerprint density at radius 2 is 1.90 bits per heavy atom. The summed E-state index contributed by atoms with van der Waals surface area (Å²) in [5.41, 5.74) is 4.13. The lowest BCUT2D eigenvalue weighted by Gasteiger charge is -2.13. The maximum absolute atomic E-state index is 13.5. The Kier molecular flexibility index (Phi) is 5.17. The standard InChI is InChI=1S/C22H20FN7S/c1-14-10-17(6-7-18(14)23)27-20-19-21(26-12-25-20)29-22(31-19)28-16-4-2-15(3-5-16)11-30-9-8-24-13-30/h2-7,10,12-13H,8-9,11H2,1H3,(H2,25,26,27,28,29). The number of hydrogen-bond acceptors (Lipinski definition) is 8. The van der Waals surface area contributed by atoms with Crippen molar-refractivity contribution in [2.24, 2.45) is 4.99 Å². The number of aromatic nitrogens is 3. The van der Waals surface area contributed by atoms with Crippen molar-refractivity contribution >= 4 is 50.3 Å². The van der Waals surface area contributed by atoms with Gasteiger partial charge in [-0.2, -0.15) is 4.98 Å². The molecule has 4 aromatic rings. The van der Waals surface area contributed by atoms with Crippen molar-refractivity contribution in [1.29, 1.82) is 0 Å². The Labute approximate surface area is 182 Å². The molecule has 0 spiro atoms. The number of hydrogen-bond donors (Lipinski definition) is 2. The summed E-state index contributed by atoms with van der Waals surface area (Å²) in [5, 5.41) is 7.32. The number of nitrogens with zero attached hydrogens (tertiary/aromatic N) is 5. The van der Waals surface area contributed by atoms with Crippen molar-refractivity contribution < 1.29 is 4.39 Å². The fourth-order valence-electron chi connectivity index (χ4n) is 3.34. The van der Waals surface area contributed by atoms with E-state index >= 15 is 0 Å². The lowest BCUT2D eigenvalue weighted by molar-refractivity contribution is 0.463. The van der Waals surface area contributed by atoms with Gasteiger partial charge in [-0.3, -0.25) is 4.99 Å². The zero-order valence-electron chi connectivity index (χ0n) is 16.8. The summed E-state index contributed by atoms with van der Waals surface area (Å²) in [4.78, 5) is 19.6. The first-order valence-corrected chi connectivity index (χ1v) is 10.7. The second-order valence-corrected chi connectivity index (χ2v) is 8.30. The molecular weight excluding hydrogens is 413 g/mol. The van der Waals surface area contributed by atoms with Gasteiger partial charge in [-0.15, -0.1) is 0 Å². The van der Waals surface area contributed by atoms with Gasteiger partial charge in [0.05, 0.1) is 12.9 Å². The lowest BCUT2D eigenvalue weighted by Crippen LogP contribution is -2.18. The molecule has 0 aliphatic carbocycles. The van der Waals surface area contributed by atoms with Gasteiger partial charge in [0.15, 0.2) is 16.6 Å². The number of thiazole rings is 1. The van der Waals surface area contributed by atoms with Gasteiger partial charge in [-0.05, 0) is 48.4 Å². The van der Waals surface area contributed by atoms with Gasteiger partial charge < -0.3 is 15.5 Å². The van der Waals surface area contributed by atoms with Gasteiger partial charge in [0.2, 0.25) is 0 Å². The average molecular weight is 434 g/mol. The van der Waals surface area contributed by atoms with E-state index in [2.05, 4.69) is 47.6 Å². The second kappa shape index (κ2) is 8.27. The second-order valence-electron chi connectivity index (χ2n) is 7.30. The number of benzene rings is 2. The number of nitrogens with one attached hydrogen (secondary N) is 2. The van der Waals surface area contributed by atoms with Crippen molar-refractivity contribution in [3.05, 3.63) is 65.7 Å². The highest BCUT2D eigenvalue weighted by molar-refractivity contribution is 7.22. The van der Waals surface area contributed by atoms with Crippen molar-refractivity contribution in [3.8, 4) is 0 Å². The lowest BCUT2D eigenvalue weighted by atomic mass is 10.2. The van der Waals surface area contributed by atoms with E-state index in [1.54, 1.807) is 19.1 Å². The van der Waals surface area contributed by atoms with Crippen molar-refractivity contribution in [2.75, 3.05) is 23.7 Å². The van der Waals surface area contributed by atoms with E-state index in [9.17, 15) is 4.39 Å². The molecule has 2 aromatic heterocycles. The fraction of sp³-hybridized carbons (Fsp3) is 0.182. The van der Waals surface area contributed by atoms with Crippen LogP contribution in [0.25, 0.3) is 10.3 Å². The monoisotopic (exact) mass is 433 g/mol. The molecule has 5 rings (SSSR count). The Morgan fingerprint density at radius 3 is 2.68 bits per heavy atom. The van der Waals surface area contributed by atoms with Crippen LogP contribution in [0.1, 0.15) is 11.1 Å². The molecule has 0 fully saturated rings. The summed E-state index contributed by atoms with van der Waals surface area (Å²) in [7, 11) is 0. The minimum absolute atomic E-state index is 0.234. The number of anilines is 4. The number of rotatable bonds is 6. The minimum Gasteiger partial charge on any atom is -0.357 e. The van der Waals surface area contributed by atoms with Gasteiger partial charge in [0.25, 0.3) is 0 Å². The van der Waals surface area contributed by atoms with E-state index < -0.39 is 0 Å². The predicted molar refractivity (Wildman–Crippen MR) is 123 cm³/mol. The average Bonchev–Trinajstić information content (AvgIpc) is 3.42. The summed E-state index contributed by atoms with van der Waals surface area (Å²) in [6, 6.07) is 13.2. The molecule has 1 aliphatic rings. The van der Waals surface area contributed by atoms with Crippen LogP contribution in [-0.2, 0) is 6.54 Å². The summed E-state index contributed by atoms with van der Waals surface area (Å²) < 4.78 is 14.4. The van der Waals surface area contributed by atoms with Crippen LogP contribution in [0.5, 0.6) is 0 Å². The predicted octanol–water partition coefficient (Wildman–Crippen LogP) is 4.86. The molecule has 3 heterocycles. The van der Waals surface area contributed by atoms with E-state index in [-0.39, 0.29) is 5.82 Å². The first-order chi connectivity index (χ1) is 15.1. The SMILES string of the molecule is Cc1cc(Nc2ncnc3nc(Nc4ccc(CN5C=NCC5)cc4)sc23)ccc1F. The zero-order chi connectivity index (χ0) is 21.2. The van der Waals surface area contributed by atoms with E-state index in [0.29, 0.717) is 17.0 Å². The highest BCUT2D eigenvalue weighted by Crippen LogP contribution is 2.33. The quantitative estimate of drug-likeness (QED) is 0.452. The summed E-state index contributed by atoms with van der Waals surface area (Å²) >= 11 is 1.47. The van der Waals surface area contributed by atoms with Crippen molar-refractivity contribution in [1.82, 2.24) is 19.9 Å². The number of fused-ring (bicyclic) bond motifs is 1. The third kappa shape index (κ3) is 4.31. The molecule has 0 unspecified atom stereocenters. The number of aryl methyl sites for hydroxylation is 1.